The molecule has 0 aliphatic carbocycles. The molecule has 25 heavy (non-hydrogen) atoms. The molecule has 0 spiro atoms. The summed E-state index contributed by atoms with van der Waals surface area (Å²) in [6.07, 6.45) is 0. The molecule has 0 saturated heterocycles. The van der Waals surface area contributed by atoms with Gasteiger partial charge in [-0.25, -0.2) is 0 Å². The maximum absolute atomic E-state index is 12.3. The molecule has 1 aliphatic rings. The Morgan fingerprint density at radius 3 is 2.56 bits per heavy atom. The number of hydrogen-bond donors (Lipinski definition) is 2. The molecule has 3 aromatic rings. The number of aromatic nitrogens is 2. The Labute approximate surface area is 142 Å². The molecule has 0 fully saturated rings. The van der Waals surface area contributed by atoms with Crippen molar-refractivity contribution in [1.29, 1.82) is 0 Å². The van der Waals surface area contributed by atoms with E-state index in [0.29, 0.717) is 22.5 Å². The van der Waals surface area contributed by atoms with Gasteiger partial charge in [0.15, 0.2) is 0 Å². The number of nitrogens with zero attached hydrogens (tertiary/aromatic N) is 2. The lowest BCUT2D eigenvalue weighted by atomic mass is 9.95. The number of para-hydroxylation sites is 1. The fraction of sp³-hybridized carbons (Fsp3) is 0.111. The molecular weight excluding hydrogens is 320 g/mol. The zero-order valence-corrected chi connectivity index (χ0v) is 13.3. The van der Waals surface area contributed by atoms with E-state index in [1.807, 2.05) is 31.2 Å². The van der Waals surface area contributed by atoms with Gasteiger partial charge in [0, 0.05) is 17.2 Å². The third-order valence-electron chi connectivity index (χ3n) is 4.36. The van der Waals surface area contributed by atoms with E-state index in [1.165, 1.54) is 6.07 Å². The molecular formula is C18H14N4O3. The molecule has 0 saturated carbocycles. The average Bonchev–Trinajstić information content (AvgIpc) is 3.17. The van der Waals surface area contributed by atoms with Gasteiger partial charge >= 0.3 is 0 Å². The molecule has 2 heterocycles. The maximum Gasteiger partial charge on any atom is 0.275 e. The van der Waals surface area contributed by atoms with Gasteiger partial charge in [-0.1, -0.05) is 42.0 Å². The molecule has 0 bridgehead atoms. The van der Waals surface area contributed by atoms with E-state index >= 15 is 0 Å². The third-order valence-corrected chi connectivity index (χ3v) is 4.36. The number of amides is 1. The number of nitro benzene ring substituents is 1. The highest BCUT2D eigenvalue weighted by molar-refractivity contribution is 6.00. The van der Waals surface area contributed by atoms with Crippen LogP contribution in [0.15, 0.2) is 48.5 Å². The molecule has 1 aliphatic heterocycles. The van der Waals surface area contributed by atoms with E-state index in [1.54, 1.807) is 18.2 Å². The Bertz CT molecular complexity index is 992. The Morgan fingerprint density at radius 2 is 1.84 bits per heavy atom. The zero-order valence-electron chi connectivity index (χ0n) is 13.3. The molecule has 1 unspecified atom stereocenters. The van der Waals surface area contributed by atoms with Gasteiger partial charge in [-0.2, -0.15) is 5.10 Å². The second kappa shape index (κ2) is 5.55. The van der Waals surface area contributed by atoms with Crippen molar-refractivity contribution in [2.75, 3.05) is 0 Å². The quantitative estimate of drug-likeness (QED) is 0.567. The lowest BCUT2D eigenvalue weighted by molar-refractivity contribution is -0.385. The minimum Gasteiger partial charge on any atom is -0.339 e. The first-order valence-corrected chi connectivity index (χ1v) is 7.75. The summed E-state index contributed by atoms with van der Waals surface area (Å²) >= 11 is 0. The van der Waals surface area contributed by atoms with Crippen molar-refractivity contribution in [2.45, 2.75) is 13.0 Å². The predicted molar refractivity (Wildman–Crippen MR) is 91.2 cm³/mol. The molecule has 0 radical (unpaired) electrons. The molecule has 4 rings (SSSR count). The number of aryl methyl sites for hydroxylation is 1. The second-order valence-electron chi connectivity index (χ2n) is 5.95. The fourth-order valence-corrected chi connectivity index (χ4v) is 3.14. The van der Waals surface area contributed by atoms with Crippen molar-refractivity contribution in [1.82, 2.24) is 15.5 Å². The van der Waals surface area contributed by atoms with E-state index in [0.717, 1.165) is 11.1 Å². The van der Waals surface area contributed by atoms with Crippen LogP contribution in [0.2, 0.25) is 0 Å². The van der Waals surface area contributed by atoms with Crippen LogP contribution in [0.25, 0.3) is 11.3 Å². The summed E-state index contributed by atoms with van der Waals surface area (Å²) in [5, 5.41) is 21.2. The molecule has 124 valence electrons. The van der Waals surface area contributed by atoms with Crippen molar-refractivity contribution in [3.8, 4) is 11.3 Å². The molecule has 2 aromatic carbocycles. The summed E-state index contributed by atoms with van der Waals surface area (Å²) in [6.45, 7) is 1.99. The van der Waals surface area contributed by atoms with Crippen molar-refractivity contribution >= 4 is 11.6 Å². The minimum absolute atomic E-state index is 0.0308. The molecule has 1 aromatic heterocycles. The lowest BCUT2D eigenvalue weighted by Crippen LogP contribution is -2.21. The van der Waals surface area contributed by atoms with Gasteiger partial charge < -0.3 is 5.32 Å². The number of fused-ring (bicyclic) bond motifs is 1. The Kier molecular flexibility index (Phi) is 3.35. The smallest absolute Gasteiger partial charge is 0.275 e. The number of carbonyl (C=O) groups is 1. The minimum atomic E-state index is -0.612. The summed E-state index contributed by atoms with van der Waals surface area (Å²) in [5.41, 5.74) is 3.98. The van der Waals surface area contributed by atoms with Crippen LogP contribution < -0.4 is 5.32 Å². The van der Waals surface area contributed by atoms with Gasteiger partial charge in [-0.3, -0.25) is 20.0 Å². The van der Waals surface area contributed by atoms with Crippen molar-refractivity contribution in [2.24, 2.45) is 0 Å². The van der Waals surface area contributed by atoms with Gasteiger partial charge in [0.1, 0.15) is 5.69 Å². The van der Waals surface area contributed by atoms with Gasteiger partial charge in [0.2, 0.25) is 0 Å². The number of aromatic amines is 1. The maximum atomic E-state index is 12.3. The number of benzene rings is 2. The summed E-state index contributed by atoms with van der Waals surface area (Å²) in [4.78, 5) is 23.2. The van der Waals surface area contributed by atoms with Crippen molar-refractivity contribution in [3.63, 3.8) is 0 Å². The van der Waals surface area contributed by atoms with Gasteiger partial charge in [0.25, 0.3) is 11.6 Å². The third kappa shape index (κ3) is 2.37. The lowest BCUT2D eigenvalue weighted by Gasteiger charge is -2.13. The zero-order chi connectivity index (χ0) is 17.6. The number of carbonyl (C=O) groups excluding carboxylic acids is 1. The normalized spacial score (nSPS) is 15.7. The molecule has 2 N–H and O–H groups in total. The first kappa shape index (κ1) is 15.1. The molecule has 1 atom stereocenters. The summed E-state index contributed by atoms with van der Waals surface area (Å²) in [7, 11) is 0. The number of rotatable bonds is 3. The van der Waals surface area contributed by atoms with Crippen LogP contribution in [0.4, 0.5) is 5.69 Å². The first-order valence-electron chi connectivity index (χ1n) is 7.75. The molecule has 1 amide bonds. The Morgan fingerprint density at radius 1 is 1.12 bits per heavy atom. The number of nitrogens with one attached hydrogen (secondary N) is 2. The Hall–Kier alpha value is -3.48. The highest BCUT2D eigenvalue weighted by Crippen LogP contribution is 2.39. The van der Waals surface area contributed by atoms with E-state index in [2.05, 4.69) is 15.5 Å². The van der Waals surface area contributed by atoms with Crippen molar-refractivity contribution < 1.29 is 9.72 Å². The van der Waals surface area contributed by atoms with Crippen LogP contribution in [0.3, 0.4) is 0 Å². The van der Waals surface area contributed by atoms with Gasteiger partial charge in [-0.15, -0.1) is 0 Å². The van der Waals surface area contributed by atoms with Crippen LogP contribution >= 0.6 is 0 Å². The van der Waals surface area contributed by atoms with Gasteiger partial charge in [-0.05, 0) is 13.0 Å². The standard InChI is InChI=1S/C18H14N4O3/c1-10-6-8-11(9-7-10)15-14-16(19-18(23)17(14)21-20-15)12-4-2-3-5-13(12)22(24)25/h2-9,16H,1H3,(H,19,23)(H,20,21). The number of nitro groups is 1. The van der Waals surface area contributed by atoms with Crippen molar-refractivity contribution in [3.05, 3.63) is 81.0 Å². The van der Waals surface area contributed by atoms with E-state index in [9.17, 15) is 14.9 Å². The first-order chi connectivity index (χ1) is 12.1. The van der Waals surface area contributed by atoms with E-state index in [-0.39, 0.29) is 11.6 Å². The predicted octanol–water partition coefficient (Wildman–Crippen LogP) is 3.13. The second-order valence-corrected chi connectivity index (χ2v) is 5.95. The van der Waals surface area contributed by atoms with E-state index in [4.69, 9.17) is 0 Å². The SMILES string of the molecule is Cc1ccc(-c2n[nH]c3c2C(c2ccccc2[N+](=O)[O-])NC3=O)cc1. The molecule has 7 nitrogen and oxygen atoms in total. The summed E-state index contributed by atoms with van der Waals surface area (Å²) in [5.74, 6) is -0.316. The summed E-state index contributed by atoms with van der Waals surface area (Å²) < 4.78 is 0. The Balaban J connectivity index is 1.89. The topological polar surface area (TPSA) is 101 Å². The highest BCUT2D eigenvalue weighted by atomic mass is 16.6. The highest BCUT2D eigenvalue weighted by Gasteiger charge is 2.38. The van der Waals surface area contributed by atoms with Crippen LogP contribution in [0.5, 0.6) is 0 Å². The van der Waals surface area contributed by atoms with Crippen LogP contribution in [0, 0.1) is 17.0 Å². The summed E-state index contributed by atoms with van der Waals surface area (Å²) in [6, 6.07) is 13.6. The van der Waals surface area contributed by atoms with Crippen LogP contribution in [0.1, 0.15) is 33.2 Å². The monoisotopic (exact) mass is 334 g/mol. The van der Waals surface area contributed by atoms with Crippen LogP contribution in [-0.4, -0.2) is 21.0 Å². The number of H-pyrrole nitrogens is 1. The average molecular weight is 334 g/mol. The molecule has 7 heteroatoms. The van der Waals surface area contributed by atoms with Crippen LogP contribution in [-0.2, 0) is 0 Å². The van der Waals surface area contributed by atoms with Gasteiger partial charge in [0.05, 0.1) is 22.2 Å². The number of hydrogen-bond acceptors (Lipinski definition) is 4. The van der Waals surface area contributed by atoms with E-state index < -0.39 is 11.0 Å². The largest absolute Gasteiger partial charge is 0.339 e. The fourth-order valence-electron chi connectivity index (χ4n) is 3.14.